The molecule has 0 radical (unpaired) electrons. The number of hydrogen-bond acceptors (Lipinski definition) is 6. The van der Waals surface area contributed by atoms with Crippen molar-refractivity contribution in [3.05, 3.63) is 66.0 Å². The Bertz CT molecular complexity index is 1170. The summed E-state index contributed by atoms with van der Waals surface area (Å²) in [5.41, 5.74) is 3.00. The molecular formula is C22H19N3O4. The van der Waals surface area contributed by atoms with Gasteiger partial charge in [-0.05, 0) is 38.1 Å². The number of aromatic nitrogens is 3. The first kappa shape index (κ1) is 18.6. The van der Waals surface area contributed by atoms with Crippen molar-refractivity contribution in [2.24, 2.45) is 0 Å². The van der Waals surface area contributed by atoms with Gasteiger partial charge in [-0.15, -0.1) is 0 Å². The number of carbonyl (C=O) groups is 2. The van der Waals surface area contributed by atoms with Crippen LogP contribution in [-0.4, -0.2) is 39.7 Å². The number of nitrogens with zero attached hydrogens (tertiary/aromatic N) is 3. The number of para-hydroxylation sites is 3. The molecule has 2 aromatic rings. The first-order valence-electron chi connectivity index (χ1n) is 9.36. The maximum Gasteiger partial charge on any atom is 0.359 e. The Labute approximate surface area is 167 Å². The molecule has 7 heteroatoms. The van der Waals surface area contributed by atoms with Crippen molar-refractivity contribution in [1.29, 1.82) is 0 Å². The van der Waals surface area contributed by atoms with Crippen LogP contribution in [0.4, 0.5) is 0 Å². The first-order valence-corrected chi connectivity index (χ1v) is 9.36. The molecule has 0 spiro atoms. The molecule has 7 nitrogen and oxygen atoms in total. The average molecular weight is 389 g/mol. The molecule has 146 valence electrons. The molecule has 0 amide bonds. The molecule has 0 aliphatic carbocycles. The van der Waals surface area contributed by atoms with Crippen LogP contribution in [0, 0.1) is 0 Å². The lowest BCUT2D eigenvalue weighted by Crippen LogP contribution is -2.11. The Hall–Kier alpha value is -3.74. The normalized spacial score (nSPS) is 11.0. The molecule has 2 heterocycles. The second-order valence-electron chi connectivity index (χ2n) is 6.22. The van der Waals surface area contributed by atoms with Crippen molar-refractivity contribution in [2.45, 2.75) is 13.8 Å². The van der Waals surface area contributed by atoms with E-state index >= 15 is 0 Å². The monoisotopic (exact) mass is 389 g/mol. The van der Waals surface area contributed by atoms with Crippen LogP contribution in [0.25, 0.3) is 28.1 Å². The van der Waals surface area contributed by atoms with Crippen LogP contribution < -0.4 is 0 Å². The largest absolute Gasteiger partial charge is 0.461 e. The van der Waals surface area contributed by atoms with E-state index in [0.717, 1.165) is 11.2 Å². The summed E-state index contributed by atoms with van der Waals surface area (Å²) in [6.07, 6.45) is 0. The van der Waals surface area contributed by atoms with E-state index in [1.807, 2.05) is 59.2 Å². The minimum absolute atomic E-state index is 0.000312. The number of ether oxygens (including phenoxy) is 2. The van der Waals surface area contributed by atoms with Gasteiger partial charge in [-0.3, -0.25) is 0 Å². The molecule has 2 aliphatic rings. The van der Waals surface area contributed by atoms with E-state index in [0.29, 0.717) is 16.9 Å². The van der Waals surface area contributed by atoms with Gasteiger partial charge in [0.05, 0.1) is 24.2 Å². The van der Waals surface area contributed by atoms with Gasteiger partial charge in [0, 0.05) is 5.69 Å². The highest BCUT2D eigenvalue weighted by atomic mass is 16.5. The van der Waals surface area contributed by atoms with Gasteiger partial charge in [0.15, 0.2) is 11.4 Å². The topological polar surface area (TPSA) is 83.3 Å². The highest BCUT2D eigenvalue weighted by Crippen LogP contribution is 2.35. The van der Waals surface area contributed by atoms with Crippen LogP contribution in [0.3, 0.4) is 0 Å². The third kappa shape index (κ3) is 3.20. The number of esters is 2. The molecule has 4 rings (SSSR count). The number of benzene rings is 2. The van der Waals surface area contributed by atoms with Crippen molar-refractivity contribution in [1.82, 2.24) is 14.5 Å². The smallest absolute Gasteiger partial charge is 0.359 e. The summed E-state index contributed by atoms with van der Waals surface area (Å²) >= 11 is 0. The third-order valence-electron chi connectivity index (χ3n) is 4.43. The Balaban J connectivity index is 2.12. The van der Waals surface area contributed by atoms with Crippen LogP contribution >= 0.6 is 0 Å². The highest BCUT2D eigenvalue weighted by molar-refractivity contribution is 6.04. The third-order valence-corrected chi connectivity index (χ3v) is 4.43. The van der Waals surface area contributed by atoms with E-state index in [9.17, 15) is 9.59 Å². The Morgan fingerprint density at radius 3 is 2.14 bits per heavy atom. The van der Waals surface area contributed by atoms with Crippen LogP contribution in [-0.2, 0) is 9.47 Å². The molecule has 0 atom stereocenters. The van der Waals surface area contributed by atoms with E-state index in [4.69, 9.17) is 9.47 Å². The van der Waals surface area contributed by atoms with Gasteiger partial charge in [0.2, 0.25) is 0 Å². The molecule has 2 aromatic carbocycles. The van der Waals surface area contributed by atoms with E-state index in [-0.39, 0.29) is 24.6 Å². The second-order valence-corrected chi connectivity index (χ2v) is 6.22. The van der Waals surface area contributed by atoms with Gasteiger partial charge in [-0.2, -0.15) is 0 Å². The lowest BCUT2D eigenvalue weighted by Gasteiger charge is -2.17. The minimum atomic E-state index is -0.629. The molecule has 0 bridgehead atoms. The molecular weight excluding hydrogens is 370 g/mol. The zero-order chi connectivity index (χ0) is 20.4. The van der Waals surface area contributed by atoms with Crippen LogP contribution in [0.2, 0.25) is 0 Å². The van der Waals surface area contributed by atoms with E-state index in [1.165, 1.54) is 0 Å². The summed E-state index contributed by atoms with van der Waals surface area (Å²) in [5.74, 6) is -1.25. The molecule has 0 N–H and O–H groups in total. The summed E-state index contributed by atoms with van der Waals surface area (Å²) in [7, 11) is 0. The Morgan fingerprint density at radius 2 is 1.45 bits per heavy atom. The summed E-state index contributed by atoms with van der Waals surface area (Å²) in [4.78, 5) is 34.2. The van der Waals surface area contributed by atoms with Crippen molar-refractivity contribution in [2.75, 3.05) is 13.2 Å². The standard InChI is InChI=1S/C22H19N3O4/c1-3-28-21(26)18-17-20(19(24-18)22(27)29-4-2)25(14-10-6-5-7-11-14)16-13-9-8-12-15(16)23-17/h5-13H,3-4H2,1-2H3. The first-order chi connectivity index (χ1) is 14.2. The molecule has 0 unspecified atom stereocenters. The second kappa shape index (κ2) is 7.71. The minimum Gasteiger partial charge on any atom is -0.461 e. The lowest BCUT2D eigenvalue weighted by atomic mass is 10.1. The SMILES string of the molecule is CCOC(=O)c1nc(C(=O)OCC)c2n(-c3ccccc3)c3ccccc3nc1-2. The van der Waals surface area contributed by atoms with Crippen LogP contribution in [0.5, 0.6) is 0 Å². The Kier molecular flexibility index (Phi) is 4.95. The number of fused-ring (bicyclic) bond motifs is 2. The van der Waals surface area contributed by atoms with Crippen molar-refractivity contribution >= 4 is 23.0 Å². The molecule has 0 saturated heterocycles. The predicted molar refractivity (Wildman–Crippen MR) is 107 cm³/mol. The molecule has 0 saturated carbocycles. The number of hydrogen-bond donors (Lipinski definition) is 0. The molecule has 29 heavy (non-hydrogen) atoms. The quantitative estimate of drug-likeness (QED) is 0.482. The predicted octanol–water partition coefficient (Wildman–Crippen LogP) is 3.88. The van der Waals surface area contributed by atoms with Gasteiger partial charge in [0.1, 0.15) is 11.4 Å². The fourth-order valence-corrected chi connectivity index (χ4v) is 3.28. The molecule has 0 aromatic heterocycles. The van der Waals surface area contributed by atoms with E-state index in [1.54, 1.807) is 13.8 Å². The van der Waals surface area contributed by atoms with Crippen molar-refractivity contribution in [3.8, 4) is 17.1 Å². The lowest BCUT2D eigenvalue weighted by molar-refractivity contribution is 0.0517. The van der Waals surface area contributed by atoms with Crippen molar-refractivity contribution in [3.63, 3.8) is 0 Å². The molecule has 2 aliphatic heterocycles. The van der Waals surface area contributed by atoms with Gasteiger partial charge in [-0.25, -0.2) is 19.6 Å². The number of carbonyl (C=O) groups excluding carboxylic acids is 2. The zero-order valence-corrected chi connectivity index (χ0v) is 16.1. The maximum atomic E-state index is 12.7. The van der Waals surface area contributed by atoms with Crippen molar-refractivity contribution < 1.29 is 19.1 Å². The number of rotatable bonds is 5. The van der Waals surface area contributed by atoms with Gasteiger partial charge in [0.25, 0.3) is 0 Å². The average Bonchev–Trinajstić information content (AvgIpc) is 3.12. The fraction of sp³-hybridized carbons (Fsp3) is 0.182. The summed E-state index contributed by atoms with van der Waals surface area (Å²) in [6.45, 7) is 3.80. The van der Waals surface area contributed by atoms with Crippen LogP contribution in [0.15, 0.2) is 54.6 Å². The maximum absolute atomic E-state index is 12.7. The van der Waals surface area contributed by atoms with Gasteiger partial charge in [-0.1, -0.05) is 30.3 Å². The van der Waals surface area contributed by atoms with E-state index < -0.39 is 11.9 Å². The van der Waals surface area contributed by atoms with Gasteiger partial charge < -0.3 is 14.0 Å². The van der Waals surface area contributed by atoms with Crippen LogP contribution in [0.1, 0.15) is 34.8 Å². The summed E-state index contributed by atoms with van der Waals surface area (Å²) in [5, 5.41) is 0. The summed E-state index contributed by atoms with van der Waals surface area (Å²) in [6, 6.07) is 17.0. The zero-order valence-electron chi connectivity index (χ0n) is 16.1. The highest BCUT2D eigenvalue weighted by Gasteiger charge is 2.33. The van der Waals surface area contributed by atoms with E-state index in [2.05, 4.69) is 9.97 Å². The molecule has 0 fully saturated rings. The Morgan fingerprint density at radius 1 is 0.828 bits per heavy atom. The fourth-order valence-electron chi connectivity index (χ4n) is 3.28. The summed E-state index contributed by atoms with van der Waals surface area (Å²) < 4.78 is 12.2. The van der Waals surface area contributed by atoms with Gasteiger partial charge >= 0.3 is 11.9 Å².